The largest absolute Gasteiger partial charge is 0.481 e. The molecule has 1 aliphatic rings. The molecule has 2 N–H and O–H groups in total. The van der Waals surface area contributed by atoms with E-state index in [2.05, 4.69) is 0 Å². The Morgan fingerprint density at radius 2 is 1.93 bits per heavy atom. The van der Waals surface area contributed by atoms with Crippen molar-refractivity contribution in [1.29, 1.82) is 0 Å². The van der Waals surface area contributed by atoms with E-state index in [1.165, 1.54) is 35.2 Å². The minimum atomic E-state index is -3.43. The van der Waals surface area contributed by atoms with Crippen molar-refractivity contribution in [2.45, 2.75) is 50.7 Å². The number of hydrogen-bond donors (Lipinski definition) is 2. The van der Waals surface area contributed by atoms with E-state index in [9.17, 15) is 23.5 Å². The van der Waals surface area contributed by atoms with Crippen LogP contribution in [0, 0.1) is 5.92 Å². The number of carboxylic acid groups (broad SMARTS) is 1. The van der Waals surface area contributed by atoms with Gasteiger partial charge in [0.2, 0.25) is 0 Å². The second-order valence-corrected chi connectivity index (χ2v) is 7.83. The molecule has 0 radical (unpaired) electrons. The van der Waals surface area contributed by atoms with E-state index in [-0.39, 0.29) is 11.6 Å². The highest BCUT2D eigenvalue weighted by molar-refractivity contribution is 5.77. The first-order valence-corrected chi connectivity index (χ1v) is 10.2. The van der Waals surface area contributed by atoms with Crippen molar-refractivity contribution >= 4 is 12.0 Å². The van der Waals surface area contributed by atoms with Crippen LogP contribution in [0.3, 0.4) is 0 Å². The Labute approximate surface area is 175 Å². The molecule has 1 aliphatic heterocycles. The van der Waals surface area contributed by atoms with Gasteiger partial charge in [0.15, 0.2) is 0 Å². The van der Waals surface area contributed by atoms with E-state index >= 15 is 0 Å². The zero-order chi connectivity index (χ0) is 22.3. The highest BCUT2D eigenvalue weighted by Gasteiger charge is 2.39. The molecule has 0 aromatic heterocycles. The van der Waals surface area contributed by atoms with Gasteiger partial charge in [-0.3, -0.25) is 4.79 Å². The number of hydrogen-bond acceptors (Lipinski definition) is 3. The first-order chi connectivity index (χ1) is 14.1. The number of alkyl halides is 2. The SMILES string of the molecule is CC(CCCCCN1C(=O)N(C)C[C@@H]1C=CC(O)C(F)(F)c1ccccc1)C(=O)O. The summed E-state index contributed by atoms with van der Waals surface area (Å²) in [4.78, 5) is 26.3. The number of aliphatic hydroxyl groups excluding tert-OH is 1. The number of halogens is 2. The van der Waals surface area contributed by atoms with Gasteiger partial charge in [0, 0.05) is 25.7 Å². The lowest BCUT2D eigenvalue weighted by atomic mass is 10.0. The molecule has 2 rings (SSSR count). The van der Waals surface area contributed by atoms with Crippen LogP contribution >= 0.6 is 0 Å². The third kappa shape index (κ3) is 6.01. The Morgan fingerprint density at radius 3 is 2.57 bits per heavy atom. The van der Waals surface area contributed by atoms with E-state index in [4.69, 9.17) is 5.11 Å². The smallest absolute Gasteiger partial charge is 0.320 e. The van der Waals surface area contributed by atoms with Crippen LogP contribution in [0.25, 0.3) is 0 Å². The first-order valence-electron chi connectivity index (χ1n) is 10.2. The van der Waals surface area contributed by atoms with Gasteiger partial charge >= 0.3 is 17.9 Å². The van der Waals surface area contributed by atoms with Gasteiger partial charge in [-0.2, -0.15) is 8.78 Å². The number of carboxylic acids is 1. The normalized spacial score (nSPS) is 19.5. The Kier molecular flexibility index (Phi) is 8.34. The summed E-state index contributed by atoms with van der Waals surface area (Å²) in [6, 6.07) is 6.55. The minimum absolute atomic E-state index is 0.187. The topological polar surface area (TPSA) is 81.1 Å². The van der Waals surface area contributed by atoms with Crippen molar-refractivity contribution < 1.29 is 28.6 Å². The summed E-state index contributed by atoms with van der Waals surface area (Å²) in [6.45, 7) is 2.47. The van der Waals surface area contributed by atoms with E-state index < -0.39 is 30.0 Å². The van der Waals surface area contributed by atoms with Gasteiger partial charge < -0.3 is 20.0 Å². The van der Waals surface area contributed by atoms with Gasteiger partial charge in [0.1, 0.15) is 6.10 Å². The number of aliphatic carboxylic acids is 1. The molecule has 0 spiro atoms. The highest BCUT2D eigenvalue weighted by Crippen LogP contribution is 2.32. The van der Waals surface area contributed by atoms with Crippen molar-refractivity contribution in [2.24, 2.45) is 5.92 Å². The number of benzene rings is 1. The lowest BCUT2D eigenvalue weighted by Gasteiger charge is -2.23. The summed E-state index contributed by atoms with van der Waals surface area (Å²) in [5, 5.41) is 19.0. The molecule has 0 aliphatic carbocycles. The molecule has 0 saturated carbocycles. The minimum Gasteiger partial charge on any atom is -0.481 e. The average Bonchev–Trinajstić information content (AvgIpc) is 2.99. The maximum Gasteiger partial charge on any atom is 0.320 e. The molecule has 1 aromatic rings. The van der Waals surface area contributed by atoms with Gasteiger partial charge in [-0.05, 0) is 12.8 Å². The van der Waals surface area contributed by atoms with E-state index in [0.29, 0.717) is 25.9 Å². The van der Waals surface area contributed by atoms with Crippen LogP contribution in [0.2, 0.25) is 0 Å². The Balaban J connectivity index is 1.92. The van der Waals surface area contributed by atoms with Crippen LogP contribution in [0.5, 0.6) is 0 Å². The van der Waals surface area contributed by atoms with E-state index in [1.54, 1.807) is 24.9 Å². The summed E-state index contributed by atoms with van der Waals surface area (Å²) < 4.78 is 28.9. The molecule has 1 fully saturated rings. The molecule has 0 bridgehead atoms. The summed E-state index contributed by atoms with van der Waals surface area (Å²) in [5.41, 5.74) is -0.269. The van der Waals surface area contributed by atoms with Crippen LogP contribution in [0.4, 0.5) is 13.6 Å². The lowest BCUT2D eigenvalue weighted by Crippen LogP contribution is -2.35. The molecule has 166 valence electrons. The average molecular weight is 424 g/mol. The maximum atomic E-state index is 14.4. The molecule has 2 amide bonds. The van der Waals surface area contributed by atoms with E-state index in [0.717, 1.165) is 18.9 Å². The van der Waals surface area contributed by atoms with Crippen LogP contribution in [-0.4, -0.2) is 64.3 Å². The van der Waals surface area contributed by atoms with Crippen molar-refractivity contribution in [3.05, 3.63) is 48.0 Å². The predicted octanol–water partition coefficient (Wildman–Crippen LogP) is 3.71. The third-order valence-corrected chi connectivity index (χ3v) is 5.44. The summed E-state index contributed by atoms with van der Waals surface area (Å²) >= 11 is 0. The standard InChI is InChI=1S/C22H30F2N2O4/c1-16(20(28)29)9-5-4-8-14-26-18(15-25(2)21(26)30)12-13-19(27)22(23,24)17-10-6-3-7-11-17/h3,6-7,10-13,16,18-19,27H,4-5,8-9,14-15H2,1-2H3,(H,28,29)/t16?,18-,19?/m0/s1. The van der Waals surface area contributed by atoms with Crippen LogP contribution in [0.1, 0.15) is 38.2 Å². The van der Waals surface area contributed by atoms with Gasteiger partial charge in [-0.25, -0.2) is 4.79 Å². The summed E-state index contributed by atoms with van der Waals surface area (Å²) in [7, 11) is 1.65. The number of urea groups is 1. The maximum absolute atomic E-state index is 14.4. The second kappa shape index (κ2) is 10.5. The number of carbonyl (C=O) groups excluding carboxylic acids is 1. The van der Waals surface area contributed by atoms with Gasteiger partial charge in [0.05, 0.1) is 12.0 Å². The second-order valence-electron chi connectivity index (χ2n) is 7.83. The zero-order valence-corrected chi connectivity index (χ0v) is 17.4. The molecule has 1 saturated heterocycles. The van der Waals surface area contributed by atoms with Crippen LogP contribution in [-0.2, 0) is 10.7 Å². The third-order valence-electron chi connectivity index (χ3n) is 5.44. The predicted molar refractivity (Wildman–Crippen MR) is 109 cm³/mol. The van der Waals surface area contributed by atoms with Gasteiger partial charge in [0.25, 0.3) is 0 Å². The molecule has 30 heavy (non-hydrogen) atoms. The monoisotopic (exact) mass is 424 g/mol. The number of likely N-dealkylation sites (N-methyl/N-ethyl adjacent to an activating group) is 1. The molecule has 6 nitrogen and oxygen atoms in total. The number of aliphatic hydroxyl groups is 1. The highest BCUT2D eigenvalue weighted by atomic mass is 19.3. The fourth-order valence-corrected chi connectivity index (χ4v) is 3.46. The Hall–Kier alpha value is -2.48. The van der Waals surface area contributed by atoms with Crippen molar-refractivity contribution in [3.8, 4) is 0 Å². The van der Waals surface area contributed by atoms with Gasteiger partial charge in [-0.1, -0.05) is 62.2 Å². The molecule has 3 atom stereocenters. The molecule has 1 heterocycles. The van der Waals surface area contributed by atoms with Gasteiger partial charge in [-0.15, -0.1) is 0 Å². The summed E-state index contributed by atoms with van der Waals surface area (Å²) in [6.07, 6.45) is 3.32. The number of rotatable bonds is 11. The summed E-state index contributed by atoms with van der Waals surface area (Å²) in [5.74, 6) is -4.65. The number of unbranched alkanes of at least 4 members (excludes halogenated alkanes) is 2. The quantitative estimate of drug-likeness (QED) is 0.419. The number of carbonyl (C=O) groups is 2. The molecule has 2 unspecified atom stereocenters. The van der Waals surface area contributed by atoms with Crippen molar-refractivity contribution in [1.82, 2.24) is 9.80 Å². The fourth-order valence-electron chi connectivity index (χ4n) is 3.46. The van der Waals surface area contributed by atoms with Crippen LogP contribution < -0.4 is 0 Å². The van der Waals surface area contributed by atoms with Crippen LogP contribution in [0.15, 0.2) is 42.5 Å². The number of amides is 2. The number of nitrogens with zero attached hydrogens (tertiary/aromatic N) is 2. The Morgan fingerprint density at radius 1 is 1.27 bits per heavy atom. The van der Waals surface area contributed by atoms with Crippen molar-refractivity contribution in [2.75, 3.05) is 20.1 Å². The first kappa shape index (κ1) is 23.8. The Bertz CT molecular complexity index is 742. The molecule has 8 heteroatoms. The molecule has 1 aromatic carbocycles. The molecular formula is C22H30F2N2O4. The van der Waals surface area contributed by atoms with Crippen molar-refractivity contribution in [3.63, 3.8) is 0 Å². The van der Waals surface area contributed by atoms with E-state index in [1.807, 2.05) is 0 Å². The zero-order valence-electron chi connectivity index (χ0n) is 17.4. The lowest BCUT2D eigenvalue weighted by molar-refractivity contribution is -0.141. The molecular weight excluding hydrogens is 394 g/mol. The fraction of sp³-hybridized carbons (Fsp3) is 0.545.